The van der Waals surface area contributed by atoms with Gasteiger partial charge in [0.2, 0.25) is 5.91 Å². The van der Waals surface area contributed by atoms with E-state index in [9.17, 15) is 9.59 Å². The quantitative estimate of drug-likeness (QED) is 0.660. The van der Waals surface area contributed by atoms with Crippen molar-refractivity contribution in [2.45, 2.75) is 45.8 Å². The van der Waals surface area contributed by atoms with Gasteiger partial charge in [-0.3, -0.25) is 14.6 Å². The Morgan fingerprint density at radius 1 is 1.25 bits per heavy atom. The van der Waals surface area contributed by atoms with Gasteiger partial charge in [0.25, 0.3) is 0 Å². The Bertz CT molecular complexity index is 654. The summed E-state index contributed by atoms with van der Waals surface area (Å²) in [5.41, 5.74) is 0.912. The van der Waals surface area contributed by atoms with Gasteiger partial charge < -0.3 is 14.6 Å². The minimum atomic E-state index is -0.610. The molecule has 0 radical (unpaired) electrons. The third kappa shape index (κ3) is 3.91. The maximum atomic E-state index is 11.3. The molecule has 6 nitrogen and oxygen atoms in total. The normalized spacial score (nSPS) is 19.2. The molecule has 1 aliphatic rings. The molecular formula is C17H23BN2O4. The topological polar surface area (TPSA) is 77.5 Å². The predicted molar refractivity (Wildman–Crippen MR) is 92.4 cm³/mol. The van der Waals surface area contributed by atoms with Crippen molar-refractivity contribution in [1.29, 1.82) is 0 Å². The number of amides is 1. The number of nitrogens with one attached hydrogen (secondary N) is 1. The van der Waals surface area contributed by atoms with Gasteiger partial charge in [0, 0.05) is 37.0 Å². The zero-order valence-electron chi connectivity index (χ0n) is 14.8. The van der Waals surface area contributed by atoms with E-state index in [0.29, 0.717) is 11.1 Å². The van der Waals surface area contributed by atoms with Gasteiger partial charge in [-0.25, -0.2) is 0 Å². The summed E-state index contributed by atoms with van der Waals surface area (Å²) in [6, 6.07) is 1.64. The maximum absolute atomic E-state index is 11.3. The van der Waals surface area contributed by atoms with Crippen LogP contribution in [0, 0.1) is 0 Å². The molecule has 1 aliphatic heterocycles. The summed E-state index contributed by atoms with van der Waals surface area (Å²) in [6.07, 6.45) is 5.72. The number of aromatic nitrogens is 1. The van der Waals surface area contributed by atoms with Crippen LogP contribution in [0.25, 0.3) is 6.08 Å². The third-order valence-electron chi connectivity index (χ3n) is 4.45. The highest BCUT2D eigenvalue weighted by molar-refractivity contribution is 6.56. The lowest BCUT2D eigenvalue weighted by molar-refractivity contribution is -0.118. The Hall–Kier alpha value is -1.99. The minimum Gasteiger partial charge on any atom is -0.400 e. The molecule has 1 aromatic heterocycles. The number of pyridine rings is 1. The van der Waals surface area contributed by atoms with Gasteiger partial charge in [-0.05, 0) is 39.2 Å². The molecule has 1 aromatic rings. The highest BCUT2D eigenvalue weighted by Gasteiger charge is 2.52. The van der Waals surface area contributed by atoms with Gasteiger partial charge >= 0.3 is 7.12 Å². The molecule has 1 amide bonds. The lowest BCUT2D eigenvalue weighted by atomic mass is 9.76. The zero-order chi connectivity index (χ0) is 18.0. The van der Waals surface area contributed by atoms with Gasteiger partial charge in [0.05, 0.1) is 11.2 Å². The fourth-order valence-corrected chi connectivity index (χ4v) is 2.27. The minimum absolute atomic E-state index is 0.154. The highest BCUT2D eigenvalue weighted by Crippen LogP contribution is 2.38. The molecule has 0 aromatic carbocycles. The van der Waals surface area contributed by atoms with Crippen molar-refractivity contribution in [3.63, 3.8) is 0 Å². The molecule has 0 unspecified atom stereocenters. The number of rotatable bonds is 5. The molecule has 0 spiro atoms. The van der Waals surface area contributed by atoms with Crippen LogP contribution in [0.3, 0.4) is 0 Å². The number of carbonyl (C=O) groups excluding carboxylic acids is 2. The second-order valence-electron chi connectivity index (χ2n) is 6.84. The fourth-order valence-electron chi connectivity index (χ4n) is 2.27. The predicted octanol–water partition coefficient (Wildman–Crippen LogP) is 2.04. The van der Waals surface area contributed by atoms with E-state index in [1.807, 2.05) is 27.7 Å². The van der Waals surface area contributed by atoms with Crippen molar-refractivity contribution in [3.05, 3.63) is 35.1 Å². The van der Waals surface area contributed by atoms with Crippen LogP contribution >= 0.6 is 0 Å². The van der Waals surface area contributed by atoms with Gasteiger partial charge in [-0.1, -0.05) is 6.08 Å². The van der Waals surface area contributed by atoms with Crippen LogP contribution in [0.5, 0.6) is 0 Å². The van der Waals surface area contributed by atoms with Crippen LogP contribution in [0.2, 0.25) is 0 Å². The Balaban J connectivity index is 2.37. The second-order valence-corrected chi connectivity index (χ2v) is 6.84. The lowest BCUT2D eigenvalue weighted by Crippen LogP contribution is -2.41. The first-order valence-electron chi connectivity index (χ1n) is 7.86. The SMILES string of the molecule is CC(=O)NCC(=Cc1cnccc1C=O)B1OC(C)(C)C(C)(C)O1. The van der Waals surface area contributed by atoms with Crippen molar-refractivity contribution >= 4 is 25.4 Å². The molecule has 0 atom stereocenters. The average molecular weight is 330 g/mol. The molecule has 0 saturated carbocycles. The molecule has 0 aliphatic carbocycles. The molecule has 24 heavy (non-hydrogen) atoms. The van der Waals surface area contributed by atoms with E-state index in [4.69, 9.17) is 9.31 Å². The van der Waals surface area contributed by atoms with Crippen LogP contribution < -0.4 is 5.32 Å². The summed E-state index contributed by atoms with van der Waals surface area (Å²) < 4.78 is 12.1. The van der Waals surface area contributed by atoms with Gasteiger partial charge in [-0.2, -0.15) is 0 Å². The first-order valence-corrected chi connectivity index (χ1v) is 7.86. The van der Waals surface area contributed by atoms with E-state index in [2.05, 4.69) is 10.3 Å². The van der Waals surface area contributed by atoms with Crippen molar-refractivity contribution in [1.82, 2.24) is 10.3 Å². The van der Waals surface area contributed by atoms with E-state index in [-0.39, 0.29) is 12.5 Å². The van der Waals surface area contributed by atoms with Gasteiger partial charge in [0.1, 0.15) is 0 Å². The van der Waals surface area contributed by atoms with Crippen LogP contribution in [0.4, 0.5) is 0 Å². The van der Waals surface area contributed by atoms with Crippen molar-refractivity contribution in [2.75, 3.05) is 6.54 Å². The number of aldehydes is 1. The Labute approximate surface area is 142 Å². The summed E-state index contributed by atoms with van der Waals surface area (Å²) in [6.45, 7) is 9.56. The van der Waals surface area contributed by atoms with Crippen molar-refractivity contribution < 1.29 is 18.9 Å². The standard InChI is InChI=1S/C17H23BN2O4/c1-12(22)20-10-15(8-14-9-19-7-6-13(14)11-21)18-23-16(2,3)17(4,5)24-18/h6-9,11H,10H2,1-5H3,(H,20,22). The Morgan fingerprint density at radius 2 is 1.88 bits per heavy atom. The molecule has 2 rings (SSSR count). The Morgan fingerprint density at radius 3 is 2.42 bits per heavy atom. The first-order chi connectivity index (χ1) is 11.2. The summed E-state index contributed by atoms with van der Waals surface area (Å²) in [4.78, 5) is 26.6. The van der Waals surface area contributed by atoms with Crippen LogP contribution in [0.1, 0.15) is 50.5 Å². The smallest absolute Gasteiger partial charge is 0.400 e. The molecule has 7 heteroatoms. The molecule has 1 N–H and O–H groups in total. The molecule has 1 saturated heterocycles. The van der Waals surface area contributed by atoms with Crippen LogP contribution in [-0.2, 0) is 14.1 Å². The van der Waals surface area contributed by atoms with Gasteiger partial charge in [-0.15, -0.1) is 0 Å². The summed E-state index contributed by atoms with van der Waals surface area (Å²) >= 11 is 0. The summed E-state index contributed by atoms with van der Waals surface area (Å²) in [5.74, 6) is -0.154. The second kappa shape index (κ2) is 6.87. The molecule has 128 valence electrons. The lowest BCUT2D eigenvalue weighted by Gasteiger charge is -2.32. The van der Waals surface area contributed by atoms with Crippen LogP contribution in [0.15, 0.2) is 23.9 Å². The molecule has 2 heterocycles. The highest BCUT2D eigenvalue weighted by atomic mass is 16.7. The largest absolute Gasteiger partial charge is 0.492 e. The first kappa shape index (κ1) is 18.4. The maximum Gasteiger partial charge on any atom is 0.492 e. The number of hydrogen-bond acceptors (Lipinski definition) is 5. The number of carbonyl (C=O) groups is 2. The van der Waals surface area contributed by atoms with Crippen LogP contribution in [-0.4, -0.2) is 42.0 Å². The summed E-state index contributed by atoms with van der Waals surface area (Å²) in [7, 11) is -0.610. The third-order valence-corrected chi connectivity index (χ3v) is 4.45. The number of hydrogen-bond donors (Lipinski definition) is 1. The zero-order valence-corrected chi connectivity index (χ0v) is 14.8. The average Bonchev–Trinajstić information content (AvgIpc) is 2.71. The fraction of sp³-hybridized carbons (Fsp3) is 0.471. The monoisotopic (exact) mass is 330 g/mol. The molecule has 0 bridgehead atoms. The van der Waals surface area contributed by atoms with E-state index >= 15 is 0 Å². The number of nitrogens with zero attached hydrogens (tertiary/aromatic N) is 1. The van der Waals surface area contributed by atoms with Crippen molar-refractivity contribution in [2.24, 2.45) is 0 Å². The molecule has 1 fully saturated rings. The van der Waals surface area contributed by atoms with E-state index in [1.54, 1.807) is 24.5 Å². The van der Waals surface area contributed by atoms with Crippen molar-refractivity contribution in [3.8, 4) is 0 Å². The summed E-state index contributed by atoms with van der Waals surface area (Å²) in [5, 5.41) is 2.76. The van der Waals surface area contributed by atoms with Gasteiger partial charge in [0.15, 0.2) is 6.29 Å². The van der Waals surface area contributed by atoms with E-state index in [1.165, 1.54) is 6.92 Å². The molecular weight excluding hydrogens is 307 g/mol. The van der Waals surface area contributed by atoms with E-state index < -0.39 is 18.3 Å². The Kier molecular flexibility index (Phi) is 5.25. The van der Waals surface area contributed by atoms with E-state index in [0.717, 1.165) is 11.8 Å².